The minimum Gasteiger partial charge on any atom is -0.357 e. The molecule has 5 nitrogen and oxygen atoms in total. The largest absolute Gasteiger partial charge is 0.357 e. The molecule has 0 aromatic rings. The average Bonchev–Trinajstić information content (AvgIpc) is 2.59. The van der Waals surface area contributed by atoms with Crippen LogP contribution < -0.4 is 10.6 Å². The first-order chi connectivity index (χ1) is 11.2. The summed E-state index contributed by atoms with van der Waals surface area (Å²) >= 11 is 2.05. The van der Waals surface area contributed by atoms with Crippen LogP contribution in [0.5, 0.6) is 0 Å². The maximum atomic E-state index is 12.2. The fourth-order valence-corrected chi connectivity index (χ4v) is 4.43. The highest BCUT2D eigenvalue weighted by atomic mass is 32.2. The Bertz CT molecular complexity index is 396. The average molecular weight is 341 g/mol. The van der Waals surface area contributed by atoms with Crippen LogP contribution in [-0.2, 0) is 4.79 Å². The first-order valence-corrected chi connectivity index (χ1v) is 10.2. The molecular weight excluding hydrogens is 308 g/mol. The predicted octanol–water partition coefficient (Wildman–Crippen LogP) is 2.23. The van der Waals surface area contributed by atoms with E-state index in [-0.39, 0.29) is 12.5 Å². The Labute approximate surface area is 145 Å². The molecule has 1 atom stereocenters. The van der Waals surface area contributed by atoms with Crippen molar-refractivity contribution in [1.82, 2.24) is 15.5 Å². The maximum absolute atomic E-state index is 12.2. The van der Waals surface area contributed by atoms with Crippen LogP contribution in [-0.4, -0.2) is 60.0 Å². The maximum Gasteiger partial charge on any atom is 0.242 e. The Morgan fingerprint density at radius 1 is 1.26 bits per heavy atom. The van der Waals surface area contributed by atoms with Crippen molar-refractivity contribution in [2.75, 3.05) is 31.9 Å². The number of rotatable bonds is 5. The molecule has 0 radical (unpaired) electrons. The van der Waals surface area contributed by atoms with Crippen molar-refractivity contribution in [3.63, 3.8) is 0 Å². The quantitative estimate of drug-likeness (QED) is 0.595. The minimum absolute atomic E-state index is 0.0609. The molecular formula is C17H32N4OS. The molecule has 0 aromatic heterocycles. The molecule has 1 unspecified atom stereocenters. The van der Waals surface area contributed by atoms with Gasteiger partial charge in [0.15, 0.2) is 5.96 Å². The van der Waals surface area contributed by atoms with Crippen molar-refractivity contribution in [2.24, 2.45) is 4.99 Å². The third kappa shape index (κ3) is 6.24. The van der Waals surface area contributed by atoms with E-state index in [1.54, 1.807) is 0 Å². The fourth-order valence-electron chi connectivity index (χ4n) is 3.25. The molecule has 2 rings (SSSR count). The highest BCUT2D eigenvalue weighted by Crippen LogP contribution is 2.21. The molecule has 2 aliphatic rings. The van der Waals surface area contributed by atoms with E-state index >= 15 is 0 Å². The second-order valence-electron chi connectivity index (χ2n) is 6.42. The second kappa shape index (κ2) is 10.1. The summed E-state index contributed by atoms with van der Waals surface area (Å²) in [7, 11) is 0. The smallest absolute Gasteiger partial charge is 0.242 e. The van der Waals surface area contributed by atoms with Gasteiger partial charge in [-0.2, -0.15) is 11.8 Å². The van der Waals surface area contributed by atoms with E-state index in [9.17, 15) is 4.79 Å². The Morgan fingerprint density at radius 2 is 2.04 bits per heavy atom. The van der Waals surface area contributed by atoms with Gasteiger partial charge in [0, 0.05) is 36.7 Å². The third-order valence-corrected chi connectivity index (χ3v) is 5.94. The number of thioether (sulfide) groups is 1. The molecule has 0 aromatic carbocycles. The minimum atomic E-state index is 0.0609. The lowest BCUT2D eigenvalue weighted by atomic mass is 9.95. The van der Waals surface area contributed by atoms with Crippen molar-refractivity contribution >= 4 is 23.6 Å². The highest BCUT2D eigenvalue weighted by Gasteiger charge is 2.22. The summed E-state index contributed by atoms with van der Waals surface area (Å²) in [6, 6.07) is 0.366. The first kappa shape index (κ1) is 18.4. The van der Waals surface area contributed by atoms with Crippen molar-refractivity contribution in [2.45, 2.75) is 63.7 Å². The number of nitrogens with one attached hydrogen (secondary N) is 2. The predicted molar refractivity (Wildman–Crippen MR) is 99.1 cm³/mol. The van der Waals surface area contributed by atoms with Gasteiger partial charge in [0.25, 0.3) is 0 Å². The van der Waals surface area contributed by atoms with Crippen molar-refractivity contribution in [3.8, 4) is 0 Å². The highest BCUT2D eigenvalue weighted by molar-refractivity contribution is 8.00. The molecule has 0 spiro atoms. The summed E-state index contributed by atoms with van der Waals surface area (Å²) < 4.78 is 0. The first-order valence-electron chi connectivity index (χ1n) is 9.17. The lowest BCUT2D eigenvalue weighted by Gasteiger charge is -2.34. The van der Waals surface area contributed by atoms with Gasteiger partial charge in [0.2, 0.25) is 5.91 Å². The SMILES string of the molecule is CCNC(=NCC(=O)NC1CCCCC1)N1CCSC(CC)C1. The number of hydrogen-bond acceptors (Lipinski definition) is 3. The number of nitrogens with zero attached hydrogens (tertiary/aromatic N) is 2. The van der Waals surface area contributed by atoms with Crippen molar-refractivity contribution in [3.05, 3.63) is 0 Å². The summed E-state index contributed by atoms with van der Waals surface area (Å²) in [6.45, 7) is 7.42. The van der Waals surface area contributed by atoms with E-state index in [2.05, 4.69) is 34.4 Å². The van der Waals surface area contributed by atoms with Crippen LogP contribution in [0.4, 0.5) is 0 Å². The van der Waals surface area contributed by atoms with Crippen molar-refractivity contribution < 1.29 is 4.79 Å². The molecule has 6 heteroatoms. The fraction of sp³-hybridized carbons (Fsp3) is 0.882. The van der Waals surface area contributed by atoms with Crippen LogP contribution in [0.2, 0.25) is 0 Å². The molecule has 1 heterocycles. The third-order valence-electron chi connectivity index (χ3n) is 4.57. The summed E-state index contributed by atoms with van der Waals surface area (Å²) in [5.74, 6) is 2.09. The van der Waals surface area contributed by atoms with Gasteiger partial charge >= 0.3 is 0 Å². The van der Waals surface area contributed by atoms with Gasteiger partial charge in [-0.05, 0) is 26.2 Å². The topological polar surface area (TPSA) is 56.7 Å². The standard InChI is InChI=1S/C17H32N4OS/c1-3-15-13-21(10-11-23-15)17(18-4-2)19-12-16(22)20-14-8-6-5-7-9-14/h14-15H,3-13H2,1-2H3,(H,18,19)(H,20,22). The summed E-state index contributed by atoms with van der Waals surface area (Å²) in [4.78, 5) is 19.0. The lowest BCUT2D eigenvalue weighted by Crippen LogP contribution is -2.48. The zero-order valence-electron chi connectivity index (χ0n) is 14.6. The molecule has 23 heavy (non-hydrogen) atoms. The number of aliphatic imine (C=N–C) groups is 1. The molecule has 2 N–H and O–H groups in total. The number of hydrogen-bond donors (Lipinski definition) is 2. The van der Waals surface area contributed by atoms with Crippen LogP contribution in [0.25, 0.3) is 0 Å². The second-order valence-corrected chi connectivity index (χ2v) is 7.83. The van der Waals surface area contributed by atoms with Crippen LogP contribution in [0.15, 0.2) is 4.99 Å². The van der Waals surface area contributed by atoms with Gasteiger partial charge in [-0.3, -0.25) is 4.79 Å². The Morgan fingerprint density at radius 3 is 2.74 bits per heavy atom. The molecule has 1 saturated carbocycles. The number of guanidine groups is 1. The molecule has 2 fully saturated rings. The van der Waals surface area contributed by atoms with Crippen molar-refractivity contribution in [1.29, 1.82) is 0 Å². The van der Waals surface area contributed by atoms with E-state index in [0.717, 1.165) is 44.2 Å². The summed E-state index contributed by atoms with van der Waals surface area (Å²) in [5, 5.41) is 7.16. The zero-order valence-corrected chi connectivity index (χ0v) is 15.5. The molecule has 1 saturated heterocycles. The van der Waals surface area contributed by atoms with Gasteiger partial charge in [0.1, 0.15) is 6.54 Å². The van der Waals surface area contributed by atoms with Gasteiger partial charge in [-0.25, -0.2) is 4.99 Å². The lowest BCUT2D eigenvalue weighted by molar-refractivity contribution is -0.120. The molecule has 0 bridgehead atoms. The van der Waals surface area contributed by atoms with E-state index < -0.39 is 0 Å². The van der Waals surface area contributed by atoms with Gasteiger partial charge in [0.05, 0.1) is 0 Å². The summed E-state index contributed by atoms with van der Waals surface area (Å²) in [5.41, 5.74) is 0. The number of amides is 1. The van der Waals surface area contributed by atoms with Crippen LogP contribution >= 0.6 is 11.8 Å². The molecule has 1 aliphatic carbocycles. The number of carbonyl (C=O) groups excluding carboxylic acids is 1. The summed E-state index contributed by atoms with van der Waals surface area (Å²) in [6.07, 6.45) is 7.21. The normalized spacial score (nSPS) is 23.7. The Hall–Kier alpha value is -0.910. The Balaban J connectivity index is 1.85. The number of carbonyl (C=O) groups is 1. The van der Waals surface area contributed by atoms with E-state index in [4.69, 9.17) is 0 Å². The monoisotopic (exact) mass is 340 g/mol. The molecule has 1 amide bonds. The Kier molecular flexibility index (Phi) is 8.06. The van der Waals surface area contributed by atoms with E-state index in [0.29, 0.717) is 11.3 Å². The van der Waals surface area contributed by atoms with Gasteiger partial charge in [-0.15, -0.1) is 0 Å². The van der Waals surface area contributed by atoms with E-state index in [1.807, 2.05) is 11.8 Å². The molecule has 132 valence electrons. The van der Waals surface area contributed by atoms with Crippen LogP contribution in [0.3, 0.4) is 0 Å². The van der Waals surface area contributed by atoms with E-state index in [1.165, 1.54) is 25.7 Å². The van der Waals surface area contributed by atoms with Gasteiger partial charge < -0.3 is 15.5 Å². The molecule has 1 aliphatic heterocycles. The van der Waals surface area contributed by atoms with Gasteiger partial charge in [-0.1, -0.05) is 26.2 Å². The van der Waals surface area contributed by atoms with Crippen LogP contribution in [0, 0.1) is 0 Å². The zero-order chi connectivity index (χ0) is 16.5. The van der Waals surface area contributed by atoms with Crippen LogP contribution in [0.1, 0.15) is 52.4 Å².